The number of anilines is 1. The molecular weight excluding hydrogens is 216 g/mol. The third-order valence-electron chi connectivity index (χ3n) is 1.08. The first kappa shape index (κ1) is 10.4. The number of nitrogen functional groups attached to an aromatic ring is 1. The average molecular weight is 222 g/mol. The zero-order chi connectivity index (χ0) is 10.8. The van der Waals surface area contributed by atoms with E-state index in [-0.39, 0.29) is 5.95 Å². The molecule has 0 saturated heterocycles. The fourth-order valence-corrected chi connectivity index (χ4v) is 0.865. The normalized spacial score (nSPS) is 11.2. The van der Waals surface area contributed by atoms with Crippen LogP contribution in [0.2, 0.25) is 0 Å². The smallest absolute Gasteiger partial charge is 0.366 e. The molecule has 1 rings (SSSR count). The summed E-state index contributed by atoms with van der Waals surface area (Å²) in [7, 11) is -3.49. The minimum absolute atomic E-state index is 0.202. The maximum atomic E-state index is 11.0. The van der Waals surface area contributed by atoms with Crippen molar-refractivity contribution in [3.63, 3.8) is 0 Å². The summed E-state index contributed by atoms with van der Waals surface area (Å²) in [5.41, 5.74) is 5.07. The summed E-state index contributed by atoms with van der Waals surface area (Å²) >= 11 is 0. The largest absolute Gasteiger partial charge is 0.451 e. The molecule has 14 heavy (non-hydrogen) atoms. The number of hydrogen-bond donors (Lipinski definition) is 2. The second-order valence-electron chi connectivity index (χ2n) is 1.99. The Hall–Kier alpha value is -1.68. The Bertz CT molecular complexity index is 436. The molecule has 0 aliphatic carbocycles. The fraction of sp³-hybridized carbons (Fsp3) is 0.250. The Morgan fingerprint density at radius 3 is 2.64 bits per heavy atom. The Morgan fingerprint density at radius 1 is 1.57 bits per heavy atom. The van der Waals surface area contributed by atoms with Crippen molar-refractivity contribution in [1.82, 2.24) is 15.2 Å². The molecule has 0 radical (unpaired) electrons. The number of carbonyl (C=O) groups is 1. The van der Waals surface area contributed by atoms with Crippen LogP contribution in [0.3, 0.4) is 0 Å². The van der Waals surface area contributed by atoms with Gasteiger partial charge >= 0.3 is 16.4 Å². The van der Waals surface area contributed by atoms with Crippen LogP contribution in [-0.2, 0) is 18.8 Å². The standard InChI is InChI=1S/C4H6N4O5S/c1-12-14(10,11)13-3(9)2-6-4(5)8-7-2/h1H3,(H3,5,6,7,8). The van der Waals surface area contributed by atoms with Crippen LogP contribution in [0.1, 0.15) is 10.6 Å². The quantitative estimate of drug-likeness (QED) is 0.625. The van der Waals surface area contributed by atoms with Crippen molar-refractivity contribution in [3.05, 3.63) is 5.82 Å². The second kappa shape index (κ2) is 3.59. The van der Waals surface area contributed by atoms with Gasteiger partial charge in [-0.15, -0.1) is 5.10 Å². The molecule has 0 aromatic carbocycles. The molecule has 0 unspecified atom stereocenters. The zero-order valence-corrected chi connectivity index (χ0v) is 7.74. The van der Waals surface area contributed by atoms with Crippen molar-refractivity contribution in [3.8, 4) is 0 Å². The maximum Gasteiger partial charge on any atom is 0.451 e. The predicted molar refractivity (Wildman–Crippen MR) is 42.1 cm³/mol. The number of nitrogens with zero attached hydrogens (tertiary/aromatic N) is 2. The van der Waals surface area contributed by atoms with Gasteiger partial charge in [0.2, 0.25) is 11.8 Å². The van der Waals surface area contributed by atoms with E-state index in [1.165, 1.54) is 0 Å². The number of aromatic amines is 1. The molecule has 0 atom stereocenters. The van der Waals surface area contributed by atoms with Crippen molar-refractivity contribution in [2.45, 2.75) is 0 Å². The van der Waals surface area contributed by atoms with Gasteiger partial charge in [-0.3, -0.25) is 5.10 Å². The van der Waals surface area contributed by atoms with Crippen LogP contribution in [0.4, 0.5) is 5.95 Å². The molecule has 78 valence electrons. The molecule has 0 amide bonds. The van der Waals surface area contributed by atoms with E-state index < -0.39 is 22.2 Å². The van der Waals surface area contributed by atoms with Crippen molar-refractivity contribution in [1.29, 1.82) is 0 Å². The second-order valence-corrected chi connectivity index (χ2v) is 3.30. The molecule has 0 aliphatic rings. The lowest BCUT2D eigenvalue weighted by molar-refractivity contribution is 0.0707. The van der Waals surface area contributed by atoms with Crippen molar-refractivity contribution >= 4 is 22.3 Å². The molecule has 1 aromatic rings. The highest BCUT2D eigenvalue weighted by molar-refractivity contribution is 7.82. The maximum absolute atomic E-state index is 11.0. The van der Waals surface area contributed by atoms with Gasteiger partial charge in [0.15, 0.2) is 0 Å². The van der Waals surface area contributed by atoms with Gasteiger partial charge in [-0.05, 0) is 0 Å². The van der Waals surface area contributed by atoms with Crippen LogP contribution in [0.15, 0.2) is 0 Å². The minimum atomic E-state index is -4.34. The van der Waals surface area contributed by atoms with Gasteiger partial charge in [-0.25, -0.2) is 8.98 Å². The molecule has 0 saturated carbocycles. The molecule has 1 aromatic heterocycles. The summed E-state index contributed by atoms with van der Waals surface area (Å²) in [6.45, 7) is 0. The number of nitrogens with one attached hydrogen (secondary N) is 1. The summed E-state index contributed by atoms with van der Waals surface area (Å²) in [6, 6.07) is 0. The molecule has 0 fully saturated rings. The van der Waals surface area contributed by atoms with E-state index in [4.69, 9.17) is 5.73 Å². The van der Waals surface area contributed by atoms with E-state index in [1.54, 1.807) is 0 Å². The van der Waals surface area contributed by atoms with E-state index in [9.17, 15) is 13.2 Å². The minimum Gasteiger partial charge on any atom is -0.366 e. The van der Waals surface area contributed by atoms with Gasteiger partial charge in [-0.2, -0.15) is 13.4 Å². The fourth-order valence-electron chi connectivity index (χ4n) is 0.532. The molecule has 10 heteroatoms. The number of aromatic nitrogens is 3. The first-order chi connectivity index (χ1) is 6.44. The molecule has 9 nitrogen and oxygen atoms in total. The monoisotopic (exact) mass is 222 g/mol. The third-order valence-corrected chi connectivity index (χ3v) is 1.84. The van der Waals surface area contributed by atoms with Gasteiger partial charge in [-0.1, -0.05) is 0 Å². The molecule has 1 heterocycles. The topological polar surface area (TPSA) is 137 Å². The van der Waals surface area contributed by atoms with E-state index in [0.29, 0.717) is 0 Å². The Morgan fingerprint density at radius 2 is 2.21 bits per heavy atom. The van der Waals surface area contributed by atoms with Crippen molar-refractivity contribution < 1.29 is 21.6 Å². The van der Waals surface area contributed by atoms with Gasteiger partial charge in [0, 0.05) is 0 Å². The van der Waals surface area contributed by atoms with Gasteiger partial charge in [0.1, 0.15) is 0 Å². The van der Waals surface area contributed by atoms with E-state index in [2.05, 4.69) is 23.5 Å². The van der Waals surface area contributed by atoms with Gasteiger partial charge in [0.05, 0.1) is 7.11 Å². The summed E-state index contributed by atoms with van der Waals surface area (Å²) in [5.74, 6) is -1.88. The summed E-state index contributed by atoms with van der Waals surface area (Å²) < 4.78 is 29.0. The zero-order valence-electron chi connectivity index (χ0n) is 6.92. The SMILES string of the molecule is COS(=O)(=O)OC(=O)c1nc(N)n[nH]1. The highest BCUT2D eigenvalue weighted by atomic mass is 32.3. The van der Waals surface area contributed by atoms with Crippen LogP contribution < -0.4 is 5.73 Å². The third kappa shape index (κ3) is 2.40. The number of hydrogen-bond acceptors (Lipinski definition) is 8. The van der Waals surface area contributed by atoms with Crippen molar-refractivity contribution in [2.75, 3.05) is 12.8 Å². The summed E-state index contributed by atoms with van der Waals surface area (Å²) in [4.78, 5) is 14.3. The number of nitrogens with two attached hydrogens (primary N) is 1. The number of H-pyrrole nitrogens is 1. The van der Waals surface area contributed by atoms with Crippen molar-refractivity contribution in [2.24, 2.45) is 0 Å². The Balaban J connectivity index is 2.78. The molecule has 0 spiro atoms. The van der Waals surface area contributed by atoms with E-state index in [0.717, 1.165) is 7.11 Å². The molecule has 3 N–H and O–H groups in total. The number of rotatable bonds is 3. The van der Waals surface area contributed by atoms with Gasteiger partial charge < -0.3 is 9.92 Å². The average Bonchev–Trinajstić information content (AvgIpc) is 2.51. The lowest BCUT2D eigenvalue weighted by Gasteiger charge is -1.98. The van der Waals surface area contributed by atoms with Crippen LogP contribution >= 0.6 is 0 Å². The molecular formula is C4H6N4O5S. The summed E-state index contributed by atoms with van der Waals surface area (Å²) in [5, 5.41) is 5.37. The lowest BCUT2D eigenvalue weighted by atomic mass is 10.6. The first-order valence-corrected chi connectivity index (χ1v) is 4.50. The van der Waals surface area contributed by atoms with Crippen LogP contribution in [0.25, 0.3) is 0 Å². The Labute approximate surface area is 78.6 Å². The van der Waals surface area contributed by atoms with Gasteiger partial charge in [0.25, 0.3) is 0 Å². The number of carbonyl (C=O) groups excluding carboxylic acids is 1. The first-order valence-electron chi connectivity index (χ1n) is 3.17. The van der Waals surface area contributed by atoms with Crippen LogP contribution in [-0.4, -0.2) is 36.7 Å². The molecule has 0 bridgehead atoms. The Kier molecular flexibility index (Phi) is 2.67. The highest BCUT2D eigenvalue weighted by Crippen LogP contribution is 2.01. The molecule has 0 aliphatic heterocycles. The lowest BCUT2D eigenvalue weighted by Crippen LogP contribution is -2.15. The van der Waals surface area contributed by atoms with Crippen LogP contribution in [0.5, 0.6) is 0 Å². The van der Waals surface area contributed by atoms with E-state index in [1.807, 2.05) is 0 Å². The predicted octanol–water partition coefficient (Wildman–Crippen LogP) is -1.57. The summed E-state index contributed by atoms with van der Waals surface area (Å²) in [6.07, 6.45) is 0. The van der Waals surface area contributed by atoms with Crippen LogP contribution in [0, 0.1) is 0 Å². The highest BCUT2D eigenvalue weighted by Gasteiger charge is 2.20. The van der Waals surface area contributed by atoms with E-state index >= 15 is 0 Å².